The Morgan fingerprint density at radius 1 is 0.133 bits per heavy atom. The number of anilines is 6. The highest BCUT2D eigenvalue weighted by atomic mass is 15.1. The van der Waals surface area contributed by atoms with Crippen LogP contribution < -0.4 is 9.80 Å². The van der Waals surface area contributed by atoms with Gasteiger partial charge in [0.1, 0.15) is 0 Å². The minimum absolute atomic E-state index is 1.07. The van der Waals surface area contributed by atoms with Gasteiger partial charge in [0.25, 0.3) is 0 Å². The summed E-state index contributed by atoms with van der Waals surface area (Å²) in [7, 11) is 0. The van der Waals surface area contributed by atoms with Crippen molar-refractivity contribution >= 4 is 98.8 Å². The van der Waals surface area contributed by atoms with Crippen LogP contribution in [0.2, 0.25) is 0 Å². The van der Waals surface area contributed by atoms with Gasteiger partial charge in [-0.25, -0.2) is 0 Å². The summed E-state index contributed by atoms with van der Waals surface area (Å²) >= 11 is 0. The molecule has 0 aliphatic heterocycles. The van der Waals surface area contributed by atoms with Crippen molar-refractivity contribution in [1.29, 1.82) is 0 Å². The molecule has 0 saturated heterocycles. The number of fused-ring (bicyclic) bond motifs is 8. The molecule has 0 radical (unpaired) electrons. The smallest absolute Gasteiger partial charge is 0.0540 e. The summed E-state index contributed by atoms with van der Waals surface area (Å²) in [4.78, 5) is 4.83. The Labute approximate surface area is 571 Å². The van der Waals surface area contributed by atoms with Crippen LogP contribution in [0.1, 0.15) is 0 Å². The predicted molar refractivity (Wildman–Crippen MR) is 419 cm³/mol. The molecule has 0 fully saturated rings. The quantitative estimate of drug-likeness (QED) is 0.106. The Hall–Kier alpha value is -12.9. The SMILES string of the molecule is c1ccc(-c2ccccc2N(c2ccc(-c3ccc4c(ccc5ccccc54)c3)cc2)c2cccc(-c3ccc(-c4cccc(-c5cccc(N(c6ccc(-c7ccc8c(ccc9ccccc98)c7)cc6)c6cccc(-c7cccc8ccccc78)c6)c5)c4)c4ccccc34)c2)cc1. The highest BCUT2D eigenvalue weighted by Gasteiger charge is 2.21. The van der Waals surface area contributed by atoms with Crippen LogP contribution in [-0.2, 0) is 0 Å². The van der Waals surface area contributed by atoms with Crippen molar-refractivity contribution < 1.29 is 0 Å². The average Bonchev–Trinajstić information content (AvgIpc) is 0.810. The van der Waals surface area contributed by atoms with Crippen LogP contribution >= 0.6 is 0 Å². The number of hydrogen-bond donors (Lipinski definition) is 0. The van der Waals surface area contributed by atoms with E-state index in [-0.39, 0.29) is 0 Å². The van der Waals surface area contributed by atoms with Crippen LogP contribution in [0.15, 0.2) is 388 Å². The van der Waals surface area contributed by atoms with Gasteiger partial charge in [0.05, 0.1) is 5.69 Å². The van der Waals surface area contributed by atoms with Crippen molar-refractivity contribution in [3.05, 3.63) is 388 Å². The van der Waals surface area contributed by atoms with Crippen LogP contribution in [0.3, 0.4) is 0 Å². The molecule has 98 heavy (non-hydrogen) atoms. The molecule has 0 spiro atoms. The number of nitrogens with zero attached hydrogens (tertiary/aromatic N) is 2. The first-order chi connectivity index (χ1) is 48.6. The highest BCUT2D eigenvalue weighted by molar-refractivity contribution is 6.11. The number of hydrogen-bond acceptors (Lipinski definition) is 2. The molecule has 0 unspecified atom stereocenters. The van der Waals surface area contributed by atoms with Crippen LogP contribution in [0.5, 0.6) is 0 Å². The maximum atomic E-state index is 2.42. The van der Waals surface area contributed by atoms with E-state index in [4.69, 9.17) is 0 Å². The van der Waals surface area contributed by atoms with Gasteiger partial charge in [0, 0.05) is 34.0 Å². The van der Waals surface area contributed by atoms with Gasteiger partial charge < -0.3 is 9.80 Å². The van der Waals surface area contributed by atoms with Gasteiger partial charge in [0.15, 0.2) is 0 Å². The molecule has 18 aromatic rings. The van der Waals surface area contributed by atoms with Crippen molar-refractivity contribution in [2.45, 2.75) is 0 Å². The third-order valence-corrected chi connectivity index (χ3v) is 19.8. The molecule has 18 rings (SSSR count). The number of para-hydroxylation sites is 1. The lowest BCUT2D eigenvalue weighted by Crippen LogP contribution is -2.11. The largest absolute Gasteiger partial charge is 0.310 e. The molecular weight excluding hydrogens is 1180 g/mol. The molecule has 458 valence electrons. The fourth-order valence-corrected chi connectivity index (χ4v) is 15.0. The minimum Gasteiger partial charge on any atom is -0.310 e. The Bertz CT molecular complexity index is 6060. The van der Waals surface area contributed by atoms with E-state index in [9.17, 15) is 0 Å². The summed E-state index contributed by atoms with van der Waals surface area (Å²) in [5, 5.41) is 14.9. The third kappa shape index (κ3) is 10.7. The topological polar surface area (TPSA) is 6.48 Å². The maximum absolute atomic E-state index is 2.42. The van der Waals surface area contributed by atoms with Gasteiger partial charge in [-0.2, -0.15) is 0 Å². The zero-order valence-corrected chi connectivity index (χ0v) is 53.8. The van der Waals surface area contributed by atoms with E-state index in [1.165, 1.54) is 109 Å². The lowest BCUT2D eigenvalue weighted by atomic mass is 9.90. The standard InChI is InChI=1S/C96H64N2/c1-2-19-68(20-3-1)93-36-12-13-40-96(93)98(81-53-47-66(48-54-81)74-50-56-90-79(61-74)44-42-70-23-6-9-35-87(70)90)84-32-17-29-77(64-84)92-58-57-91(94-37-10-11-38-95(92)94)75-27-14-25-71(59-75)72-26-15-30-82(62-72)97(83-31-16-28-76(63-83)88-39-18-24-67-21-4-7-33-85(67)88)80-51-45-65(46-52-80)73-49-55-89-78(60-73)43-41-69-22-5-8-34-86(69)89/h1-64H. The molecule has 2 heteroatoms. The fourth-order valence-electron chi connectivity index (χ4n) is 15.0. The molecule has 0 aliphatic carbocycles. The van der Waals surface area contributed by atoms with Gasteiger partial charge in [-0.1, -0.05) is 303 Å². The summed E-state index contributed by atoms with van der Waals surface area (Å²) in [5.41, 5.74) is 22.8. The lowest BCUT2D eigenvalue weighted by molar-refractivity contribution is 1.28. The van der Waals surface area contributed by atoms with Crippen molar-refractivity contribution in [1.82, 2.24) is 0 Å². The van der Waals surface area contributed by atoms with Crippen LogP contribution in [0, 0.1) is 0 Å². The summed E-state index contributed by atoms with van der Waals surface area (Å²) in [6.45, 7) is 0. The van der Waals surface area contributed by atoms with E-state index in [2.05, 4.69) is 398 Å². The van der Waals surface area contributed by atoms with Gasteiger partial charge in [-0.15, -0.1) is 0 Å². The zero-order valence-electron chi connectivity index (χ0n) is 53.8. The molecule has 18 aromatic carbocycles. The molecule has 0 aromatic heterocycles. The van der Waals surface area contributed by atoms with E-state index in [1.54, 1.807) is 0 Å². The molecular formula is C96H64N2. The Morgan fingerprint density at radius 2 is 0.469 bits per heavy atom. The van der Waals surface area contributed by atoms with Crippen molar-refractivity contribution in [2.24, 2.45) is 0 Å². The molecule has 0 saturated carbocycles. The van der Waals surface area contributed by atoms with E-state index in [1.807, 2.05) is 0 Å². The van der Waals surface area contributed by atoms with Crippen LogP contribution in [-0.4, -0.2) is 0 Å². The van der Waals surface area contributed by atoms with E-state index in [0.29, 0.717) is 0 Å². The molecule has 2 nitrogen and oxygen atoms in total. The Balaban J connectivity index is 0.693. The molecule has 0 bridgehead atoms. The summed E-state index contributed by atoms with van der Waals surface area (Å²) in [6, 6.07) is 143. The molecule has 0 amide bonds. The summed E-state index contributed by atoms with van der Waals surface area (Å²) in [5.74, 6) is 0. The van der Waals surface area contributed by atoms with E-state index < -0.39 is 0 Å². The molecule has 0 N–H and O–H groups in total. The van der Waals surface area contributed by atoms with Crippen LogP contribution in [0.25, 0.3) is 143 Å². The summed E-state index contributed by atoms with van der Waals surface area (Å²) in [6.07, 6.45) is 0. The maximum Gasteiger partial charge on any atom is 0.0540 e. The van der Waals surface area contributed by atoms with Gasteiger partial charge in [-0.05, 0) is 222 Å². The van der Waals surface area contributed by atoms with E-state index in [0.717, 1.165) is 67.5 Å². The lowest BCUT2D eigenvalue weighted by Gasteiger charge is -2.28. The summed E-state index contributed by atoms with van der Waals surface area (Å²) < 4.78 is 0. The first-order valence-corrected chi connectivity index (χ1v) is 33.8. The Kier molecular flexibility index (Phi) is 14.6. The van der Waals surface area contributed by atoms with Crippen LogP contribution in [0.4, 0.5) is 34.1 Å². The molecule has 0 atom stereocenters. The van der Waals surface area contributed by atoms with Crippen molar-refractivity contribution in [3.8, 4) is 77.9 Å². The first kappa shape index (κ1) is 57.8. The predicted octanol–water partition coefficient (Wildman–Crippen LogP) is 27.2. The average molecular weight is 1250 g/mol. The zero-order chi connectivity index (χ0) is 64.9. The van der Waals surface area contributed by atoms with E-state index >= 15 is 0 Å². The van der Waals surface area contributed by atoms with Gasteiger partial charge >= 0.3 is 0 Å². The minimum atomic E-state index is 1.07. The number of rotatable bonds is 13. The second-order valence-electron chi connectivity index (χ2n) is 25.6. The highest BCUT2D eigenvalue weighted by Crippen LogP contribution is 2.46. The Morgan fingerprint density at radius 3 is 1.04 bits per heavy atom. The van der Waals surface area contributed by atoms with Gasteiger partial charge in [-0.3, -0.25) is 0 Å². The second-order valence-corrected chi connectivity index (χ2v) is 25.6. The first-order valence-electron chi connectivity index (χ1n) is 33.8. The fraction of sp³-hybridized carbons (Fsp3) is 0. The third-order valence-electron chi connectivity index (χ3n) is 19.8. The van der Waals surface area contributed by atoms with Crippen molar-refractivity contribution in [2.75, 3.05) is 9.80 Å². The monoisotopic (exact) mass is 1240 g/mol. The molecule has 0 heterocycles. The van der Waals surface area contributed by atoms with Crippen molar-refractivity contribution in [3.63, 3.8) is 0 Å². The number of benzene rings is 18. The van der Waals surface area contributed by atoms with Gasteiger partial charge in [0.2, 0.25) is 0 Å². The molecule has 0 aliphatic rings. The second kappa shape index (κ2) is 24.8. The normalized spacial score (nSPS) is 11.5.